The Kier molecular flexibility index (Phi) is 13.5. The second-order valence-electron chi connectivity index (χ2n) is 7.80. The molecular weight excluding hydrogens is 564 g/mol. The fraction of sp³-hybridized carbons (Fsp3) is 0.240. The van der Waals surface area contributed by atoms with Crippen LogP contribution in [0, 0.1) is 0 Å². The molecule has 2 aromatic carbocycles. The number of aromatic amines is 1. The van der Waals surface area contributed by atoms with Gasteiger partial charge in [-0.05, 0) is 24.0 Å². The minimum absolute atomic E-state index is 0.140. The molecule has 0 saturated carbocycles. The first-order chi connectivity index (χ1) is 19.1. The Bertz CT molecular complexity index is 1190. The highest BCUT2D eigenvalue weighted by molar-refractivity contribution is 6.00. The molecule has 1 heterocycles. The molecule has 0 aliphatic carbocycles. The summed E-state index contributed by atoms with van der Waals surface area (Å²) >= 11 is 0. The number of H-pyrrole nitrogens is 1. The van der Waals surface area contributed by atoms with Crippen LogP contribution in [0.3, 0.4) is 0 Å². The summed E-state index contributed by atoms with van der Waals surface area (Å²) in [4.78, 5) is 42.0. The second kappa shape index (κ2) is 16.3. The fourth-order valence-corrected chi connectivity index (χ4v) is 2.91. The number of carboxylic acid groups (broad SMARTS) is 2. The molecule has 0 spiro atoms. The van der Waals surface area contributed by atoms with Gasteiger partial charge in [0.05, 0.1) is 12.2 Å². The molecule has 1 aromatic heterocycles. The SMILES string of the molecule is NC(=NCCCc1cnc[nH]1)NC(=O)C(c1ccccc1)c1ccccc1.O=C(O)C(F)(F)F.O=C(O)C(F)(F)F. The van der Waals surface area contributed by atoms with E-state index in [1.807, 2.05) is 60.7 Å². The number of nitrogens with two attached hydrogens (primary N) is 1. The maximum Gasteiger partial charge on any atom is 0.490 e. The number of aliphatic carboxylic acids is 2. The van der Waals surface area contributed by atoms with E-state index in [1.54, 1.807) is 12.5 Å². The molecule has 10 nitrogen and oxygen atoms in total. The van der Waals surface area contributed by atoms with Gasteiger partial charge >= 0.3 is 24.3 Å². The maximum atomic E-state index is 12.9. The zero-order chi connectivity index (χ0) is 31.1. The fourth-order valence-electron chi connectivity index (χ4n) is 2.91. The zero-order valence-corrected chi connectivity index (χ0v) is 21.0. The number of carbonyl (C=O) groups excluding carboxylic acids is 1. The summed E-state index contributed by atoms with van der Waals surface area (Å²) in [6.07, 6.45) is -5.07. The predicted octanol–water partition coefficient (Wildman–Crippen LogP) is 3.87. The smallest absolute Gasteiger partial charge is 0.475 e. The van der Waals surface area contributed by atoms with Crippen molar-refractivity contribution in [3.63, 3.8) is 0 Å². The molecule has 0 radical (unpaired) electrons. The van der Waals surface area contributed by atoms with Gasteiger partial charge in [0, 0.05) is 18.4 Å². The number of halogens is 6. The van der Waals surface area contributed by atoms with Gasteiger partial charge in [-0.15, -0.1) is 0 Å². The summed E-state index contributed by atoms with van der Waals surface area (Å²) in [5.74, 6) is -6.00. The van der Waals surface area contributed by atoms with E-state index >= 15 is 0 Å². The van der Waals surface area contributed by atoms with Gasteiger partial charge in [-0.2, -0.15) is 26.3 Å². The third-order valence-corrected chi connectivity index (χ3v) is 4.71. The number of hydrogen-bond donors (Lipinski definition) is 5. The van der Waals surface area contributed by atoms with Crippen molar-refractivity contribution in [2.24, 2.45) is 10.7 Å². The Morgan fingerprint density at radius 2 is 1.32 bits per heavy atom. The van der Waals surface area contributed by atoms with Gasteiger partial charge in [0.2, 0.25) is 5.91 Å². The van der Waals surface area contributed by atoms with Crippen molar-refractivity contribution in [2.45, 2.75) is 31.1 Å². The molecule has 0 atom stereocenters. The second-order valence-corrected chi connectivity index (χ2v) is 7.80. The largest absolute Gasteiger partial charge is 0.490 e. The van der Waals surface area contributed by atoms with E-state index in [1.165, 1.54) is 0 Å². The Balaban J connectivity index is 0.000000497. The van der Waals surface area contributed by atoms with Crippen LogP contribution in [-0.4, -0.2) is 62.9 Å². The summed E-state index contributed by atoms with van der Waals surface area (Å²) in [6, 6.07) is 19.3. The molecule has 222 valence electrons. The van der Waals surface area contributed by atoms with Crippen LogP contribution in [0.2, 0.25) is 0 Å². The molecule has 0 fully saturated rings. The lowest BCUT2D eigenvalue weighted by Gasteiger charge is -2.17. The van der Waals surface area contributed by atoms with E-state index < -0.39 is 30.2 Å². The zero-order valence-electron chi connectivity index (χ0n) is 21.0. The van der Waals surface area contributed by atoms with Crippen LogP contribution in [-0.2, 0) is 20.8 Å². The number of nitrogens with zero attached hydrogens (tertiary/aromatic N) is 2. The molecular formula is C25H25F6N5O5. The van der Waals surface area contributed by atoms with Crippen molar-refractivity contribution < 1.29 is 50.9 Å². The van der Waals surface area contributed by atoms with Gasteiger partial charge in [0.1, 0.15) is 0 Å². The van der Waals surface area contributed by atoms with Gasteiger partial charge in [0.25, 0.3) is 0 Å². The number of amides is 1. The Labute approximate surface area is 228 Å². The summed E-state index contributed by atoms with van der Waals surface area (Å²) < 4.78 is 63.5. The van der Waals surface area contributed by atoms with Crippen molar-refractivity contribution in [1.29, 1.82) is 0 Å². The lowest BCUT2D eigenvalue weighted by atomic mass is 9.90. The Morgan fingerprint density at radius 3 is 1.68 bits per heavy atom. The third kappa shape index (κ3) is 13.6. The van der Waals surface area contributed by atoms with Crippen LogP contribution < -0.4 is 11.1 Å². The van der Waals surface area contributed by atoms with E-state index in [2.05, 4.69) is 20.3 Å². The first kappa shape index (κ1) is 34.1. The van der Waals surface area contributed by atoms with Crippen molar-refractivity contribution in [2.75, 3.05) is 6.54 Å². The van der Waals surface area contributed by atoms with Gasteiger partial charge in [-0.1, -0.05) is 60.7 Å². The minimum Gasteiger partial charge on any atom is -0.475 e. The molecule has 0 aliphatic rings. The summed E-state index contributed by atoms with van der Waals surface area (Å²) in [5.41, 5.74) is 8.80. The molecule has 16 heteroatoms. The first-order valence-electron chi connectivity index (χ1n) is 11.4. The lowest BCUT2D eigenvalue weighted by molar-refractivity contribution is -0.193. The van der Waals surface area contributed by atoms with Gasteiger partial charge in [-0.3, -0.25) is 15.1 Å². The number of hydrogen-bond acceptors (Lipinski definition) is 5. The molecule has 0 aliphatic heterocycles. The molecule has 6 N–H and O–H groups in total. The quantitative estimate of drug-likeness (QED) is 0.121. The summed E-state index contributed by atoms with van der Waals surface area (Å²) in [5, 5.41) is 17.0. The van der Waals surface area contributed by atoms with Crippen molar-refractivity contribution in [3.05, 3.63) is 90.0 Å². The van der Waals surface area contributed by atoms with Crippen molar-refractivity contribution in [3.8, 4) is 0 Å². The van der Waals surface area contributed by atoms with E-state index in [4.69, 9.17) is 25.5 Å². The summed E-state index contributed by atoms with van der Waals surface area (Å²) in [6.45, 7) is 0.534. The topological polar surface area (TPSA) is 171 Å². The molecule has 3 rings (SSSR count). The van der Waals surface area contributed by atoms with Gasteiger partial charge in [0.15, 0.2) is 5.96 Å². The van der Waals surface area contributed by atoms with Crippen LogP contribution in [0.5, 0.6) is 0 Å². The Morgan fingerprint density at radius 1 is 0.878 bits per heavy atom. The van der Waals surface area contributed by atoms with Crippen LogP contribution in [0.4, 0.5) is 26.3 Å². The van der Waals surface area contributed by atoms with E-state index in [9.17, 15) is 31.1 Å². The minimum atomic E-state index is -5.08. The normalized spacial score (nSPS) is 11.4. The molecule has 0 saturated heterocycles. The number of aryl methyl sites for hydroxylation is 1. The first-order valence-corrected chi connectivity index (χ1v) is 11.4. The van der Waals surface area contributed by atoms with Gasteiger partial charge < -0.3 is 20.9 Å². The highest BCUT2D eigenvalue weighted by atomic mass is 19.4. The number of benzene rings is 2. The number of imidazole rings is 1. The third-order valence-electron chi connectivity index (χ3n) is 4.71. The maximum absolute atomic E-state index is 12.9. The highest BCUT2D eigenvalue weighted by Crippen LogP contribution is 2.24. The average molecular weight is 589 g/mol. The molecule has 0 bridgehead atoms. The summed E-state index contributed by atoms with van der Waals surface area (Å²) in [7, 11) is 0. The number of nitrogens with one attached hydrogen (secondary N) is 2. The van der Waals surface area contributed by atoms with Crippen molar-refractivity contribution >= 4 is 23.8 Å². The molecule has 0 unspecified atom stereocenters. The number of guanidine groups is 1. The number of aromatic nitrogens is 2. The average Bonchev–Trinajstić information content (AvgIpc) is 3.41. The standard InChI is InChI=1S/C21H23N5O.2C2HF3O2/c22-21(24-13-7-12-18-14-23-15-25-18)26-20(27)19(16-8-3-1-4-9-16)17-10-5-2-6-11-17;2*3-2(4,5)1(6)7/h1-6,8-11,14-15,19H,7,12-13H2,(H,23,25)(H3,22,24,26,27);2*(H,6,7). The van der Waals surface area contributed by atoms with Crippen molar-refractivity contribution in [1.82, 2.24) is 15.3 Å². The molecule has 1 amide bonds. The number of aliphatic imine (C=N–C) groups is 1. The van der Waals surface area contributed by atoms with Gasteiger partial charge in [-0.25, -0.2) is 14.6 Å². The van der Waals surface area contributed by atoms with Crippen LogP contribution in [0.15, 0.2) is 78.2 Å². The van der Waals surface area contributed by atoms with Crippen LogP contribution in [0.25, 0.3) is 0 Å². The van der Waals surface area contributed by atoms with E-state index in [-0.39, 0.29) is 11.9 Å². The lowest BCUT2D eigenvalue weighted by Crippen LogP contribution is -2.40. The predicted molar refractivity (Wildman–Crippen MR) is 134 cm³/mol. The monoisotopic (exact) mass is 589 g/mol. The molecule has 3 aromatic rings. The Hall–Kier alpha value is -4.89. The number of alkyl halides is 6. The van der Waals surface area contributed by atoms with Crippen LogP contribution in [0.1, 0.15) is 29.2 Å². The number of carbonyl (C=O) groups is 3. The highest BCUT2D eigenvalue weighted by Gasteiger charge is 2.38. The number of rotatable bonds is 7. The number of carboxylic acids is 2. The molecule has 41 heavy (non-hydrogen) atoms. The van der Waals surface area contributed by atoms with E-state index in [0.29, 0.717) is 6.54 Å². The van der Waals surface area contributed by atoms with E-state index in [0.717, 1.165) is 29.7 Å². The van der Waals surface area contributed by atoms with Crippen LogP contribution >= 0.6 is 0 Å².